The van der Waals surface area contributed by atoms with Gasteiger partial charge >= 0.3 is 5.69 Å². The summed E-state index contributed by atoms with van der Waals surface area (Å²) in [5.41, 5.74) is 1.94. The number of benzene rings is 3. The third-order valence-corrected chi connectivity index (χ3v) is 7.21. The van der Waals surface area contributed by atoms with Crippen LogP contribution in [0.25, 0.3) is 11.0 Å². The molecule has 0 N–H and O–H groups in total. The first-order valence-electron chi connectivity index (χ1n) is 11.2. The highest BCUT2D eigenvalue weighted by Crippen LogP contribution is 2.33. The fourth-order valence-corrected chi connectivity index (χ4v) is 5.56. The van der Waals surface area contributed by atoms with Crippen molar-refractivity contribution < 1.29 is 22.3 Å². The molecule has 0 saturated heterocycles. The Morgan fingerprint density at radius 2 is 1.81 bits per heavy atom. The molecule has 36 heavy (non-hydrogen) atoms. The fraction of sp³-hybridized carbons (Fsp3) is 0.269. The first kappa shape index (κ1) is 26.0. The molecule has 4 aromatic rings. The maximum atomic E-state index is 13.9. The highest BCUT2D eigenvalue weighted by atomic mass is 79.9. The molecule has 1 atom stereocenters. The van der Waals surface area contributed by atoms with Crippen molar-refractivity contribution in [2.75, 3.05) is 25.7 Å². The van der Waals surface area contributed by atoms with Gasteiger partial charge in [0, 0.05) is 10.7 Å². The number of nitrogens with zero attached hydrogens (tertiary/aromatic N) is 2. The largest absolute Gasteiger partial charge is 0.493 e. The van der Waals surface area contributed by atoms with Gasteiger partial charge in [-0.2, -0.15) is 0 Å². The summed E-state index contributed by atoms with van der Waals surface area (Å²) in [6, 6.07) is 15.7. The maximum absolute atomic E-state index is 13.9. The van der Waals surface area contributed by atoms with E-state index in [2.05, 4.69) is 15.9 Å². The average molecular weight is 577 g/mol. The van der Waals surface area contributed by atoms with Crippen molar-refractivity contribution in [3.05, 3.63) is 92.6 Å². The van der Waals surface area contributed by atoms with Gasteiger partial charge < -0.3 is 9.47 Å². The predicted octanol–water partition coefficient (Wildman–Crippen LogP) is 4.79. The van der Waals surface area contributed by atoms with Crippen LogP contribution in [0.5, 0.6) is 11.5 Å². The summed E-state index contributed by atoms with van der Waals surface area (Å²) >= 11 is 3.46. The van der Waals surface area contributed by atoms with Crippen LogP contribution in [0.2, 0.25) is 0 Å². The number of imidazole rings is 1. The minimum absolute atomic E-state index is 0.120. The zero-order valence-corrected chi connectivity index (χ0v) is 22.5. The van der Waals surface area contributed by atoms with Gasteiger partial charge in [-0.25, -0.2) is 17.6 Å². The lowest BCUT2D eigenvalue weighted by atomic mass is 10.1. The summed E-state index contributed by atoms with van der Waals surface area (Å²) < 4.78 is 53.8. The third-order valence-electron chi connectivity index (χ3n) is 5.80. The Labute approximate surface area is 217 Å². The van der Waals surface area contributed by atoms with E-state index in [0.717, 1.165) is 10.7 Å². The monoisotopic (exact) mass is 576 g/mol. The van der Waals surface area contributed by atoms with Crippen molar-refractivity contribution in [2.24, 2.45) is 0 Å². The Morgan fingerprint density at radius 1 is 1.03 bits per heavy atom. The summed E-state index contributed by atoms with van der Waals surface area (Å²) in [6.07, 6.45) is 1.14. The van der Waals surface area contributed by atoms with Gasteiger partial charge in [-0.1, -0.05) is 34.1 Å². The molecule has 0 aliphatic heterocycles. The molecule has 0 radical (unpaired) electrons. The van der Waals surface area contributed by atoms with Crippen molar-refractivity contribution in [3.8, 4) is 11.5 Å². The number of hydrogen-bond acceptors (Lipinski definition) is 5. The van der Waals surface area contributed by atoms with E-state index in [1.54, 1.807) is 48.5 Å². The Morgan fingerprint density at radius 3 is 2.47 bits per heavy atom. The van der Waals surface area contributed by atoms with Crippen molar-refractivity contribution >= 4 is 36.8 Å². The van der Waals surface area contributed by atoms with E-state index >= 15 is 0 Å². The molecule has 1 aromatic heterocycles. The van der Waals surface area contributed by atoms with Crippen LogP contribution in [0.1, 0.15) is 24.1 Å². The van der Waals surface area contributed by atoms with Crippen molar-refractivity contribution in [2.45, 2.75) is 19.5 Å². The molecule has 1 heterocycles. The number of ether oxygens (including phenoxy) is 2. The van der Waals surface area contributed by atoms with E-state index in [1.807, 2.05) is 6.92 Å². The van der Waals surface area contributed by atoms with Crippen LogP contribution in [-0.4, -0.2) is 43.3 Å². The van der Waals surface area contributed by atoms with Crippen LogP contribution >= 0.6 is 15.9 Å². The van der Waals surface area contributed by atoms with Crippen molar-refractivity contribution in [1.82, 2.24) is 9.13 Å². The van der Waals surface area contributed by atoms with Gasteiger partial charge in [0.2, 0.25) is 0 Å². The average Bonchev–Trinajstić information content (AvgIpc) is 3.07. The maximum Gasteiger partial charge on any atom is 0.330 e. The molecule has 0 aliphatic carbocycles. The Bertz CT molecular complexity index is 1580. The number of hydrogen-bond donors (Lipinski definition) is 0. The number of fused-ring (bicyclic) bond motifs is 1. The van der Waals surface area contributed by atoms with E-state index in [-0.39, 0.29) is 12.3 Å². The van der Waals surface area contributed by atoms with E-state index in [1.165, 1.54) is 28.4 Å². The van der Waals surface area contributed by atoms with Crippen LogP contribution < -0.4 is 15.2 Å². The fourth-order valence-electron chi connectivity index (χ4n) is 4.30. The zero-order valence-electron chi connectivity index (χ0n) is 20.1. The molecule has 0 aliphatic rings. The molecule has 0 saturated carbocycles. The van der Waals surface area contributed by atoms with Crippen LogP contribution in [0.3, 0.4) is 0 Å². The Balaban J connectivity index is 1.96. The number of methoxy groups -OCH3 is 1. The molecular formula is C26H26BrFN2O5S. The molecule has 0 spiro atoms. The smallest absolute Gasteiger partial charge is 0.330 e. The number of sulfone groups is 1. The van der Waals surface area contributed by atoms with Crippen LogP contribution in [0.15, 0.2) is 69.9 Å². The van der Waals surface area contributed by atoms with Gasteiger partial charge in [-0.05, 0) is 60.5 Å². The minimum Gasteiger partial charge on any atom is -0.493 e. The Hall–Kier alpha value is -3.11. The van der Waals surface area contributed by atoms with E-state index < -0.39 is 27.4 Å². The second-order valence-corrected chi connectivity index (χ2v) is 11.6. The lowest BCUT2D eigenvalue weighted by Gasteiger charge is -2.20. The van der Waals surface area contributed by atoms with Crippen LogP contribution in [-0.2, 0) is 16.4 Å². The van der Waals surface area contributed by atoms with E-state index in [4.69, 9.17) is 9.47 Å². The van der Waals surface area contributed by atoms with Gasteiger partial charge in [-0.3, -0.25) is 9.13 Å². The highest BCUT2D eigenvalue weighted by Gasteiger charge is 2.27. The summed E-state index contributed by atoms with van der Waals surface area (Å²) in [6.45, 7) is 2.34. The quantitative estimate of drug-likeness (QED) is 0.286. The predicted molar refractivity (Wildman–Crippen MR) is 141 cm³/mol. The highest BCUT2D eigenvalue weighted by molar-refractivity contribution is 9.10. The zero-order chi connectivity index (χ0) is 26.0. The summed E-state index contributed by atoms with van der Waals surface area (Å²) in [7, 11) is -1.99. The van der Waals surface area contributed by atoms with Gasteiger partial charge in [0.25, 0.3) is 0 Å². The summed E-state index contributed by atoms with van der Waals surface area (Å²) in [5.74, 6) is 0.251. The third kappa shape index (κ3) is 5.49. The normalized spacial score (nSPS) is 12.6. The molecule has 0 fully saturated rings. The van der Waals surface area contributed by atoms with Crippen molar-refractivity contribution in [1.29, 1.82) is 0 Å². The molecular weight excluding hydrogens is 551 g/mol. The molecule has 3 aromatic carbocycles. The summed E-state index contributed by atoms with van der Waals surface area (Å²) in [5, 5.41) is 0. The van der Waals surface area contributed by atoms with E-state index in [9.17, 15) is 17.6 Å². The van der Waals surface area contributed by atoms with E-state index in [0.29, 0.717) is 40.3 Å². The second kappa shape index (κ2) is 10.5. The standard InChI is InChI=1S/C26H26BrFN2O5S/c1-4-35-25-13-18(8-11-24(25)34-2)23(16-36(3,32)33)30-21-10-9-19(27)14-22(21)29(26(30)31)15-17-6-5-7-20(28)12-17/h5-14,23H,4,15-16H2,1-3H3. The van der Waals surface area contributed by atoms with Gasteiger partial charge in [0.1, 0.15) is 15.7 Å². The number of rotatable bonds is 9. The molecule has 190 valence electrons. The van der Waals surface area contributed by atoms with Gasteiger partial charge in [0.05, 0.1) is 43.1 Å². The molecule has 10 heteroatoms. The first-order chi connectivity index (χ1) is 17.1. The van der Waals surface area contributed by atoms with Crippen LogP contribution in [0, 0.1) is 5.82 Å². The second-order valence-electron chi connectivity index (χ2n) is 8.45. The van der Waals surface area contributed by atoms with Gasteiger partial charge in [-0.15, -0.1) is 0 Å². The molecule has 0 bridgehead atoms. The van der Waals surface area contributed by atoms with Gasteiger partial charge in [0.15, 0.2) is 11.5 Å². The lowest BCUT2D eigenvalue weighted by Crippen LogP contribution is -2.32. The molecule has 7 nitrogen and oxygen atoms in total. The Kier molecular flexibility index (Phi) is 7.56. The first-order valence-corrected chi connectivity index (χ1v) is 14.1. The molecule has 4 rings (SSSR count). The topological polar surface area (TPSA) is 79.5 Å². The molecule has 1 unspecified atom stereocenters. The summed E-state index contributed by atoms with van der Waals surface area (Å²) in [4.78, 5) is 13.9. The van der Waals surface area contributed by atoms with Crippen LogP contribution in [0.4, 0.5) is 4.39 Å². The molecule has 0 amide bonds. The minimum atomic E-state index is -3.51. The van der Waals surface area contributed by atoms with Crippen molar-refractivity contribution in [3.63, 3.8) is 0 Å². The lowest BCUT2D eigenvalue weighted by molar-refractivity contribution is 0.310. The number of aromatic nitrogens is 2. The SMILES string of the molecule is CCOc1cc(C(CS(C)(=O)=O)n2c(=O)n(Cc3cccc(F)c3)c3cc(Br)ccc32)ccc1OC. The number of halogens is 2.